The molecule has 0 amide bonds. The van der Waals surface area contributed by atoms with Gasteiger partial charge in [-0.15, -0.1) is 0 Å². The summed E-state index contributed by atoms with van der Waals surface area (Å²) in [7, 11) is 0. The van der Waals surface area contributed by atoms with Crippen LogP contribution in [0.1, 0.15) is 17.3 Å². The van der Waals surface area contributed by atoms with Crippen molar-refractivity contribution in [3.05, 3.63) is 41.8 Å². The summed E-state index contributed by atoms with van der Waals surface area (Å²) in [6.07, 6.45) is 1.16. The summed E-state index contributed by atoms with van der Waals surface area (Å²) in [6.45, 7) is 1.48. The van der Waals surface area contributed by atoms with E-state index < -0.39 is 5.82 Å². The first-order valence-corrected chi connectivity index (χ1v) is 4.23. The quantitative estimate of drug-likeness (QED) is 0.645. The predicted molar refractivity (Wildman–Crippen MR) is 51.7 cm³/mol. The maximum absolute atomic E-state index is 12.8. The van der Waals surface area contributed by atoms with Crippen LogP contribution in [0.2, 0.25) is 0 Å². The number of benzene rings is 1. The molecule has 2 nitrogen and oxygen atoms in total. The molecule has 0 aliphatic carbocycles. The van der Waals surface area contributed by atoms with Crippen LogP contribution < -0.4 is 0 Å². The van der Waals surface area contributed by atoms with Crippen LogP contribution in [0.4, 0.5) is 4.39 Å². The van der Waals surface area contributed by atoms with Gasteiger partial charge in [0.1, 0.15) is 5.82 Å². The summed E-state index contributed by atoms with van der Waals surface area (Å²) in [6, 6.07) is 6.42. The highest BCUT2D eigenvalue weighted by atomic mass is 19.1. The van der Waals surface area contributed by atoms with Crippen LogP contribution in [-0.4, -0.2) is 10.8 Å². The number of rotatable bonds is 1. The summed E-state index contributed by atoms with van der Waals surface area (Å²) < 4.78 is 12.8. The van der Waals surface area contributed by atoms with E-state index in [1.807, 2.05) is 0 Å². The molecule has 0 fully saturated rings. The van der Waals surface area contributed by atoms with Gasteiger partial charge in [0, 0.05) is 10.9 Å². The molecule has 2 aromatic rings. The van der Waals surface area contributed by atoms with Crippen molar-refractivity contribution >= 4 is 16.7 Å². The van der Waals surface area contributed by atoms with Crippen molar-refractivity contribution in [1.82, 2.24) is 4.98 Å². The van der Waals surface area contributed by atoms with E-state index in [1.165, 1.54) is 13.0 Å². The monoisotopic (exact) mass is 189 g/mol. The molecule has 1 heterocycles. The van der Waals surface area contributed by atoms with Gasteiger partial charge in [0.25, 0.3) is 0 Å². The highest BCUT2D eigenvalue weighted by Gasteiger charge is 2.02. The van der Waals surface area contributed by atoms with E-state index >= 15 is 0 Å². The largest absolute Gasteiger partial charge is 0.295 e. The van der Waals surface area contributed by atoms with Gasteiger partial charge in [-0.1, -0.05) is 0 Å². The van der Waals surface area contributed by atoms with Crippen LogP contribution in [-0.2, 0) is 0 Å². The number of pyridine rings is 1. The molecule has 0 bridgehead atoms. The molecule has 1 aromatic heterocycles. The minimum atomic E-state index is -0.391. The van der Waals surface area contributed by atoms with Crippen LogP contribution in [0.5, 0.6) is 0 Å². The van der Waals surface area contributed by atoms with Gasteiger partial charge in [-0.3, -0.25) is 9.78 Å². The van der Waals surface area contributed by atoms with Gasteiger partial charge in [0.2, 0.25) is 0 Å². The van der Waals surface area contributed by atoms with Gasteiger partial charge in [-0.2, -0.15) is 0 Å². The molecular weight excluding hydrogens is 181 g/mol. The lowest BCUT2D eigenvalue weighted by molar-refractivity contribution is 0.101. The minimum absolute atomic E-state index is 0.0313. The van der Waals surface area contributed by atoms with Crippen LogP contribution in [0, 0.1) is 5.82 Å². The number of hydrogen-bond donors (Lipinski definition) is 0. The molecule has 0 aliphatic heterocycles. The lowest BCUT2D eigenvalue weighted by Crippen LogP contribution is -1.92. The topological polar surface area (TPSA) is 30.0 Å². The summed E-state index contributed by atoms with van der Waals surface area (Å²) in [5.74, 6) is -0.422. The molecule has 0 atom stereocenters. The average molecular weight is 189 g/mol. The molecular formula is C11H8FNO. The van der Waals surface area contributed by atoms with Crippen molar-refractivity contribution in [2.24, 2.45) is 0 Å². The molecule has 0 spiro atoms. The highest BCUT2D eigenvalue weighted by molar-refractivity contribution is 5.97. The van der Waals surface area contributed by atoms with Crippen LogP contribution in [0.25, 0.3) is 10.9 Å². The Balaban J connectivity index is 2.69. The molecule has 0 saturated heterocycles. The zero-order valence-electron chi connectivity index (χ0n) is 7.62. The van der Waals surface area contributed by atoms with E-state index in [9.17, 15) is 9.18 Å². The third-order valence-electron chi connectivity index (χ3n) is 2.05. The van der Waals surface area contributed by atoms with Gasteiger partial charge >= 0.3 is 0 Å². The lowest BCUT2D eigenvalue weighted by atomic mass is 10.1. The molecule has 0 radical (unpaired) electrons. The van der Waals surface area contributed by atoms with Crippen LogP contribution in [0.3, 0.4) is 0 Å². The second-order valence-corrected chi connectivity index (χ2v) is 3.12. The maximum Gasteiger partial charge on any atom is 0.159 e. The number of aromatic nitrogens is 1. The van der Waals surface area contributed by atoms with E-state index in [-0.39, 0.29) is 5.78 Å². The van der Waals surface area contributed by atoms with E-state index in [0.29, 0.717) is 16.5 Å². The smallest absolute Gasteiger partial charge is 0.159 e. The van der Waals surface area contributed by atoms with E-state index in [1.54, 1.807) is 18.2 Å². The zero-order valence-corrected chi connectivity index (χ0v) is 7.62. The normalized spacial score (nSPS) is 10.4. The molecule has 3 heteroatoms. The highest BCUT2D eigenvalue weighted by Crippen LogP contribution is 2.15. The van der Waals surface area contributed by atoms with Crippen LogP contribution >= 0.6 is 0 Å². The molecule has 2 rings (SSSR count). The van der Waals surface area contributed by atoms with Crippen molar-refractivity contribution in [2.45, 2.75) is 6.92 Å². The van der Waals surface area contributed by atoms with Gasteiger partial charge in [-0.25, -0.2) is 4.39 Å². The Kier molecular flexibility index (Phi) is 2.00. The third kappa shape index (κ3) is 1.48. The Morgan fingerprint density at radius 1 is 1.36 bits per heavy atom. The van der Waals surface area contributed by atoms with Crippen molar-refractivity contribution < 1.29 is 9.18 Å². The standard InChI is InChI=1S/C11H8FNO/c1-7(14)8-2-3-11-9(4-8)5-10(12)6-13-11/h2-6H,1H3. The predicted octanol–water partition coefficient (Wildman–Crippen LogP) is 2.58. The van der Waals surface area contributed by atoms with Gasteiger partial charge in [0.15, 0.2) is 5.78 Å². The van der Waals surface area contributed by atoms with Gasteiger partial charge < -0.3 is 0 Å². The molecule has 0 unspecified atom stereocenters. The van der Waals surface area contributed by atoms with E-state index in [4.69, 9.17) is 0 Å². The zero-order chi connectivity index (χ0) is 10.1. The number of Topliss-reactive ketones (excluding diaryl/α,β-unsaturated/α-hetero) is 1. The van der Waals surface area contributed by atoms with E-state index in [0.717, 1.165) is 6.20 Å². The molecule has 0 saturated carbocycles. The molecule has 0 aliphatic rings. The molecule has 1 aromatic carbocycles. The van der Waals surface area contributed by atoms with Crippen molar-refractivity contribution in [3.63, 3.8) is 0 Å². The Hall–Kier alpha value is -1.77. The number of fused-ring (bicyclic) bond motifs is 1. The molecule has 70 valence electrons. The summed E-state index contributed by atoms with van der Waals surface area (Å²) in [5.41, 5.74) is 1.27. The number of nitrogens with zero attached hydrogens (tertiary/aromatic N) is 1. The first-order valence-electron chi connectivity index (χ1n) is 4.23. The van der Waals surface area contributed by atoms with Gasteiger partial charge in [-0.05, 0) is 31.2 Å². The van der Waals surface area contributed by atoms with Crippen molar-refractivity contribution in [2.75, 3.05) is 0 Å². The van der Waals surface area contributed by atoms with Crippen molar-refractivity contribution in [1.29, 1.82) is 0 Å². The number of carbonyl (C=O) groups excluding carboxylic acids is 1. The first-order chi connectivity index (χ1) is 6.66. The summed E-state index contributed by atoms with van der Waals surface area (Å²) in [4.78, 5) is 15.0. The Labute approximate surface area is 80.4 Å². The van der Waals surface area contributed by atoms with E-state index in [2.05, 4.69) is 4.98 Å². The number of ketones is 1. The maximum atomic E-state index is 12.8. The molecule has 14 heavy (non-hydrogen) atoms. The average Bonchev–Trinajstić information content (AvgIpc) is 2.16. The van der Waals surface area contributed by atoms with Crippen molar-refractivity contribution in [3.8, 4) is 0 Å². The fourth-order valence-electron chi connectivity index (χ4n) is 1.32. The van der Waals surface area contributed by atoms with Gasteiger partial charge in [0.05, 0.1) is 11.7 Å². The number of carbonyl (C=O) groups is 1. The lowest BCUT2D eigenvalue weighted by Gasteiger charge is -1.99. The minimum Gasteiger partial charge on any atom is -0.295 e. The number of hydrogen-bond acceptors (Lipinski definition) is 2. The Bertz CT molecular complexity index is 508. The first kappa shape index (κ1) is 8.81. The fourth-order valence-corrected chi connectivity index (χ4v) is 1.32. The Morgan fingerprint density at radius 3 is 2.86 bits per heavy atom. The second kappa shape index (κ2) is 3.18. The third-order valence-corrected chi connectivity index (χ3v) is 2.05. The number of halogens is 1. The second-order valence-electron chi connectivity index (χ2n) is 3.12. The fraction of sp³-hybridized carbons (Fsp3) is 0.0909. The van der Waals surface area contributed by atoms with Crippen LogP contribution in [0.15, 0.2) is 30.5 Å². The summed E-state index contributed by atoms with van der Waals surface area (Å²) in [5, 5.41) is 0.651. The Morgan fingerprint density at radius 2 is 2.14 bits per heavy atom. The summed E-state index contributed by atoms with van der Waals surface area (Å²) >= 11 is 0. The SMILES string of the molecule is CC(=O)c1ccc2ncc(F)cc2c1. The molecule has 0 N–H and O–H groups in total.